The third-order valence-electron chi connectivity index (χ3n) is 3.49. The molecule has 0 aliphatic rings. The van der Waals surface area contributed by atoms with Gasteiger partial charge in [0.05, 0.1) is 11.3 Å². The van der Waals surface area contributed by atoms with E-state index in [4.69, 9.17) is 4.42 Å². The Morgan fingerprint density at radius 2 is 2.05 bits per heavy atom. The van der Waals surface area contributed by atoms with Crippen LogP contribution in [0, 0.1) is 20.8 Å². The van der Waals surface area contributed by atoms with Gasteiger partial charge >= 0.3 is 0 Å². The average Bonchev–Trinajstić information content (AvgIpc) is 2.88. The molecule has 3 aromatic rings. The number of hydrogen-bond donors (Lipinski definition) is 1. The molecule has 108 valence electrons. The normalized spacial score (nSPS) is 11.0. The molecule has 2 heterocycles. The molecule has 0 unspecified atom stereocenters. The van der Waals surface area contributed by atoms with E-state index in [0.717, 1.165) is 11.2 Å². The Morgan fingerprint density at radius 3 is 2.71 bits per heavy atom. The summed E-state index contributed by atoms with van der Waals surface area (Å²) in [5.74, 6) is 0.432. The highest BCUT2D eigenvalue weighted by atomic mass is 16.3. The van der Waals surface area contributed by atoms with Crippen molar-refractivity contribution in [2.75, 3.05) is 5.32 Å². The first-order valence-corrected chi connectivity index (χ1v) is 6.64. The SMILES string of the molecule is Cc1nc2ccc(NC(=O)c3c(C)nn(C)c3C)cc2o1. The zero-order valence-electron chi connectivity index (χ0n) is 12.4. The van der Waals surface area contributed by atoms with Crippen molar-refractivity contribution in [3.63, 3.8) is 0 Å². The van der Waals surface area contributed by atoms with Crippen molar-refractivity contribution < 1.29 is 9.21 Å². The number of benzene rings is 1. The van der Waals surface area contributed by atoms with Crippen LogP contribution in [0.2, 0.25) is 0 Å². The van der Waals surface area contributed by atoms with Crippen LogP contribution in [0.25, 0.3) is 11.1 Å². The van der Waals surface area contributed by atoms with E-state index < -0.39 is 0 Å². The van der Waals surface area contributed by atoms with Crippen molar-refractivity contribution in [2.45, 2.75) is 20.8 Å². The maximum atomic E-state index is 12.4. The first-order chi connectivity index (χ1) is 9.95. The molecule has 0 fully saturated rings. The fourth-order valence-corrected chi connectivity index (χ4v) is 2.41. The standard InChI is InChI=1S/C15H16N4O2/c1-8-14(9(2)19(4)18-8)15(20)17-11-5-6-12-13(7-11)21-10(3)16-12/h5-7H,1-4H3,(H,17,20). The van der Waals surface area contributed by atoms with Gasteiger partial charge in [-0.25, -0.2) is 4.98 Å². The molecule has 2 aromatic heterocycles. The van der Waals surface area contributed by atoms with Gasteiger partial charge in [-0.1, -0.05) is 0 Å². The van der Waals surface area contributed by atoms with Crippen LogP contribution in [0.5, 0.6) is 0 Å². The molecule has 1 amide bonds. The number of hydrogen-bond acceptors (Lipinski definition) is 4. The van der Waals surface area contributed by atoms with Gasteiger partial charge in [0.25, 0.3) is 5.91 Å². The highest BCUT2D eigenvalue weighted by Gasteiger charge is 2.17. The number of amides is 1. The number of aromatic nitrogens is 3. The summed E-state index contributed by atoms with van der Waals surface area (Å²) in [6, 6.07) is 5.40. The number of fused-ring (bicyclic) bond motifs is 1. The Kier molecular flexibility index (Phi) is 3.01. The van der Waals surface area contributed by atoms with Gasteiger partial charge in [0.1, 0.15) is 5.52 Å². The first kappa shape index (κ1) is 13.4. The topological polar surface area (TPSA) is 73.0 Å². The van der Waals surface area contributed by atoms with E-state index in [1.165, 1.54) is 0 Å². The van der Waals surface area contributed by atoms with Crippen LogP contribution in [-0.2, 0) is 7.05 Å². The third kappa shape index (κ3) is 2.29. The van der Waals surface area contributed by atoms with Gasteiger partial charge in [0.2, 0.25) is 0 Å². The summed E-state index contributed by atoms with van der Waals surface area (Å²) in [6.07, 6.45) is 0. The molecule has 6 nitrogen and oxygen atoms in total. The molecule has 6 heteroatoms. The van der Waals surface area contributed by atoms with Crippen molar-refractivity contribution >= 4 is 22.7 Å². The molecule has 1 N–H and O–H groups in total. The lowest BCUT2D eigenvalue weighted by Crippen LogP contribution is -2.14. The molecule has 3 rings (SSSR count). The monoisotopic (exact) mass is 284 g/mol. The van der Waals surface area contributed by atoms with Gasteiger partial charge in [0.15, 0.2) is 11.5 Å². The van der Waals surface area contributed by atoms with E-state index >= 15 is 0 Å². The van der Waals surface area contributed by atoms with Crippen LogP contribution in [0.1, 0.15) is 27.6 Å². The van der Waals surface area contributed by atoms with Crippen LogP contribution in [0.4, 0.5) is 5.69 Å². The van der Waals surface area contributed by atoms with Crippen molar-refractivity contribution in [2.24, 2.45) is 7.05 Å². The lowest BCUT2D eigenvalue weighted by molar-refractivity contribution is 0.102. The Balaban J connectivity index is 1.92. The maximum absolute atomic E-state index is 12.4. The number of aryl methyl sites for hydroxylation is 3. The minimum Gasteiger partial charge on any atom is -0.441 e. The second-order valence-corrected chi connectivity index (χ2v) is 5.04. The van der Waals surface area contributed by atoms with Gasteiger partial charge < -0.3 is 9.73 Å². The second-order valence-electron chi connectivity index (χ2n) is 5.04. The van der Waals surface area contributed by atoms with Crippen LogP contribution < -0.4 is 5.32 Å². The van der Waals surface area contributed by atoms with Gasteiger partial charge in [-0.3, -0.25) is 9.48 Å². The Morgan fingerprint density at radius 1 is 1.29 bits per heavy atom. The van der Waals surface area contributed by atoms with Crippen LogP contribution >= 0.6 is 0 Å². The largest absolute Gasteiger partial charge is 0.441 e. The summed E-state index contributed by atoms with van der Waals surface area (Å²) < 4.78 is 7.17. The number of carbonyl (C=O) groups excluding carboxylic acids is 1. The molecular formula is C15H16N4O2. The summed E-state index contributed by atoms with van der Waals surface area (Å²) >= 11 is 0. The molecule has 21 heavy (non-hydrogen) atoms. The quantitative estimate of drug-likeness (QED) is 0.785. The van der Waals surface area contributed by atoms with Crippen LogP contribution in [0.15, 0.2) is 22.6 Å². The predicted molar refractivity (Wildman–Crippen MR) is 79.4 cm³/mol. The van der Waals surface area contributed by atoms with E-state index in [1.807, 2.05) is 33.0 Å². The second kappa shape index (κ2) is 4.73. The molecule has 1 aromatic carbocycles. The predicted octanol–water partition coefficient (Wildman–Crippen LogP) is 2.74. The highest BCUT2D eigenvalue weighted by Crippen LogP contribution is 2.21. The molecule has 0 spiro atoms. The number of nitrogens with zero attached hydrogens (tertiary/aromatic N) is 3. The summed E-state index contributed by atoms with van der Waals surface area (Å²) in [5.41, 5.74) is 4.26. The number of rotatable bonds is 2. The lowest BCUT2D eigenvalue weighted by atomic mass is 10.2. The molecule has 0 atom stereocenters. The average molecular weight is 284 g/mol. The van der Waals surface area contributed by atoms with E-state index in [-0.39, 0.29) is 5.91 Å². The van der Waals surface area contributed by atoms with Crippen LogP contribution in [-0.4, -0.2) is 20.7 Å². The minimum absolute atomic E-state index is 0.173. The van der Waals surface area contributed by atoms with Gasteiger partial charge in [0, 0.05) is 31.4 Å². The lowest BCUT2D eigenvalue weighted by Gasteiger charge is -2.05. The third-order valence-corrected chi connectivity index (χ3v) is 3.49. The number of anilines is 1. The molecule has 0 saturated carbocycles. The van der Waals surface area contributed by atoms with Crippen molar-refractivity contribution in [1.82, 2.24) is 14.8 Å². The fourth-order valence-electron chi connectivity index (χ4n) is 2.41. The van der Waals surface area contributed by atoms with Gasteiger partial charge in [-0.2, -0.15) is 5.10 Å². The van der Waals surface area contributed by atoms with Crippen molar-refractivity contribution in [3.05, 3.63) is 41.0 Å². The van der Waals surface area contributed by atoms with Crippen molar-refractivity contribution in [3.8, 4) is 0 Å². The maximum Gasteiger partial charge on any atom is 0.259 e. The van der Waals surface area contributed by atoms with E-state index in [1.54, 1.807) is 17.7 Å². The number of carbonyl (C=O) groups is 1. The molecule has 0 bridgehead atoms. The molecule has 0 aliphatic heterocycles. The Hall–Kier alpha value is -2.63. The highest BCUT2D eigenvalue weighted by molar-refractivity contribution is 6.06. The minimum atomic E-state index is -0.173. The number of oxazole rings is 1. The summed E-state index contributed by atoms with van der Waals surface area (Å²) in [4.78, 5) is 16.6. The molecule has 0 radical (unpaired) electrons. The Labute approximate surface area is 121 Å². The zero-order valence-corrected chi connectivity index (χ0v) is 12.4. The number of nitrogens with one attached hydrogen (secondary N) is 1. The first-order valence-electron chi connectivity index (χ1n) is 6.64. The van der Waals surface area contributed by atoms with Crippen molar-refractivity contribution in [1.29, 1.82) is 0 Å². The van der Waals surface area contributed by atoms with Gasteiger partial charge in [-0.15, -0.1) is 0 Å². The zero-order chi connectivity index (χ0) is 15.1. The van der Waals surface area contributed by atoms with E-state index in [9.17, 15) is 4.79 Å². The molecule has 0 aliphatic carbocycles. The van der Waals surface area contributed by atoms with E-state index in [2.05, 4.69) is 15.4 Å². The van der Waals surface area contributed by atoms with Gasteiger partial charge in [-0.05, 0) is 26.0 Å². The summed E-state index contributed by atoms with van der Waals surface area (Å²) in [7, 11) is 1.82. The molecular weight excluding hydrogens is 268 g/mol. The summed E-state index contributed by atoms with van der Waals surface area (Å²) in [6.45, 7) is 5.49. The fraction of sp³-hybridized carbons (Fsp3) is 0.267. The van der Waals surface area contributed by atoms with Crippen LogP contribution in [0.3, 0.4) is 0 Å². The Bertz CT molecular complexity index is 845. The summed E-state index contributed by atoms with van der Waals surface area (Å²) in [5, 5.41) is 7.13. The smallest absolute Gasteiger partial charge is 0.259 e. The molecule has 0 saturated heterocycles. The van der Waals surface area contributed by atoms with E-state index in [0.29, 0.717) is 28.4 Å².